The predicted molar refractivity (Wildman–Crippen MR) is 91.0 cm³/mol. The van der Waals surface area contributed by atoms with Gasteiger partial charge in [0.2, 0.25) is 5.91 Å². The molecule has 1 aromatic carbocycles. The Kier molecular flexibility index (Phi) is 5.02. The van der Waals surface area contributed by atoms with Crippen molar-refractivity contribution in [2.24, 2.45) is 5.92 Å². The van der Waals surface area contributed by atoms with Crippen molar-refractivity contribution in [1.29, 1.82) is 0 Å². The van der Waals surface area contributed by atoms with Crippen molar-refractivity contribution in [3.8, 4) is 0 Å². The molecule has 0 aromatic heterocycles. The third-order valence-corrected chi connectivity index (χ3v) is 5.52. The van der Waals surface area contributed by atoms with Crippen LogP contribution in [0.3, 0.4) is 0 Å². The number of nitrogens with zero attached hydrogens (tertiary/aromatic N) is 2. The Bertz CT molecular complexity index is 527. The molecule has 0 bridgehead atoms. The van der Waals surface area contributed by atoms with Crippen LogP contribution in [0.2, 0.25) is 0 Å². The first-order chi connectivity index (χ1) is 11.1. The van der Waals surface area contributed by atoms with Gasteiger partial charge in [-0.3, -0.25) is 4.79 Å². The maximum atomic E-state index is 12.3. The van der Waals surface area contributed by atoms with Crippen LogP contribution in [0.15, 0.2) is 30.3 Å². The van der Waals surface area contributed by atoms with Crippen molar-refractivity contribution in [3.05, 3.63) is 35.9 Å². The molecular weight excluding hydrogens is 288 g/mol. The molecule has 0 unspecified atom stereocenters. The zero-order chi connectivity index (χ0) is 16.3. The summed E-state index contributed by atoms with van der Waals surface area (Å²) in [7, 11) is 2.10. The molecule has 1 aromatic rings. The van der Waals surface area contributed by atoms with Crippen LogP contribution in [-0.4, -0.2) is 54.0 Å². The molecule has 4 heteroatoms. The minimum Gasteiger partial charge on any atom is -0.385 e. The molecule has 2 fully saturated rings. The number of likely N-dealkylation sites (tertiary alicyclic amines) is 2. The number of hydrogen-bond acceptors (Lipinski definition) is 3. The predicted octanol–water partition coefficient (Wildman–Crippen LogP) is 2.23. The first kappa shape index (κ1) is 16.5. The highest BCUT2D eigenvalue weighted by Crippen LogP contribution is 2.39. The Labute approximate surface area is 139 Å². The number of amides is 1. The molecule has 2 aliphatic heterocycles. The second-order valence-corrected chi connectivity index (χ2v) is 7.13. The molecule has 2 saturated heterocycles. The van der Waals surface area contributed by atoms with E-state index in [0.717, 1.165) is 57.4 Å². The van der Waals surface area contributed by atoms with E-state index in [1.807, 2.05) is 35.2 Å². The number of rotatable bonds is 4. The second kappa shape index (κ2) is 7.02. The van der Waals surface area contributed by atoms with E-state index in [1.165, 1.54) is 0 Å². The van der Waals surface area contributed by atoms with Crippen molar-refractivity contribution in [2.75, 3.05) is 33.2 Å². The molecule has 126 valence electrons. The Hall–Kier alpha value is -1.39. The Morgan fingerprint density at radius 3 is 2.61 bits per heavy atom. The molecule has 1 amide bonds. The summed E-state index contributed by atoms with van der Waals surface area (Å²) in [5, 5.41) is 11.3. The number of aliphatic hydroxyl groups is 1. The van der Waals surface area contributed by atoms with Crippen LogP contribution in [0.5, 0.6) is 0 Å². The first-order valence-corrected chi connectivity index (χ1v) is 8.84. The summed E-state index contributed by atoms with van der Waals surface area (Å²) in [6.07, 6.45) is 4.30. The SMILES string of the molecule is CN1CC[C@](O)(c2ccccc2)[C@H](CCC(=O)N2CCCC2)C1. The number of carbonyl (C=O) groups is 1. The van der Waals surface area contributed by atoms with Crippen molar-refractivity contribution in [3.63, 3.8) is 0 Å². The average molecular weight is 316 g/mol. The maximum Gasteiger partial charge on any atom is 0.222 e. The van der Waals surface area contributed by atoms with Gasteiger partial charge in [0.05, 0.1) is 5.60 Å². The Morgan fingerprint density at radius 1 is 1.22 bits per heavy atom. The number of carbonyl (C=O) groups excluding carboxylic acids is 1. The van der Waals surface area contributed by atoms with E-state index < -0.39 is 5.60 Å². The monoisotopic (exact) mass is 316 g/mol. The summed E-state index contributed by atoms with van der Waals surface area (Å²) in [6, 6.07) is 9.98. The largest absolute Gasteiger partial charge is 0.385 e. The molecule has 0 spiro atoms. The standard InChI is InChI=1S/C19H28N2O2/c1-20-14-11-19(23,16-7-3-2-4-8-16)17(15-20)9-10-18(22)21-12-5-6-13-21/h2-4,7-8,17,23H,5-6,9-15H2,1H3/t17-,19+/m1/s1. The summed E-state index contributed by atoms with van der Waals surface area (Å²) >= 11 is 0. The summed E-state index contributed by atoms with van der Waals surface area (Å²) in [5.74, 6) is 0.362. The normalized spacial score (nSPS) is 29.0. The number of hydrogen-bond donors (Lipinski definition) is 1. The molecule has 2 aliphatic rings. The summed E-state index contributed by atoms with van der Waals surface area (Å²) < 4.78 is 0. The lowest BCUT2D eigenvalue weighted by Crippen LogP contribution is -2.49. The Balaban J connectivity index is 1.69. The quantitative estimate of drug-likeness (QED) is 0.926. The first-order valence-electron chi connectivity index (χ1n) is 8.84. The lowest BCUT2D eigenvalue weighted by Gasteiger charge is -2.44. The zero-order valence-electron chi connectivity index (χ0n) is 14.1. The highest BCUT2D eigenvalue weighted by Gasteiger charge is 2.42. The Morgan fingerprint density at radius 2 is 1.91 bits per heavy atom. The highest BCUT2D eigenvalue weighted by molar-refractivity contribution is 5.76. The third-order valence-electron chi connectivity index (χ3n) is 5.52. The lowest BCUT2D eigenvalue weighted by atomic mass is 9.74. The topological polar surface area (TPSA) is 43.8 Å². The summed E-state index contributed by atoms with van der Waals surface area (Å²) in [6.45, 7) is 3.55. The van der Waals surface area contributed by atoms with Gasteiger partial charge in [-0.25, -0.2) is 0 Å². The van der Waals surface area contributed by atoms with Crippen LogP contribution >= 0.6 is 0 Å². The van der Waals surface area contributed by atoms with Crippen LogP contribution in [0.25, 0.3) is 0 Å². The van der Waals surface area contributed by atoms with Gasteiger partial charge < -0.3 is 14.9 Å². The minimum absolute atomic E-state index is 0.107. The van der Waals surface area contributed by atoms with Gasteiger partial charge in [0.25, 0.3) is 0 Å². The highest BCUT2D eigenvalue weighted by atomic mass is 16.3. The van der Waals surface area contributed by atoms with Gasteiger partial charge >= 0.3 is 0 Å². The van der Waals surface area contributed by atoms with Crippen molar-refractivity contribution in [2.45, 2.75) is 37.7 Å². The molecule has 0 radical (unpaired) electrons. The zero-order valence-corrected chi connectivity index (χ0v) is 14.1. The van der Waals surface area contributed by atoms with Crippen LogP contribution in [0.1, 0.15) is 37.7 Å². The fraction of sp³-hybridized carbons (Fsp3) is 0.632. The van der Waals surface area contributed by atoms with E-state index in [9.17, 15) is 9.90 Å². The van der Waals surface area contributed by atoms with Crippen LogP contribution in [0.4, 0.5) is 0 Å². The van der Waals surface area contributed by atoms with Gasteiger partial charge in [-0.15, -0.1) is 0 Å². The second-order valence-electron chi connectivity index (χ2n) is 7.13. The molecule has 4 nitrogen and oxygen atoms in total. The maximum absolute atomic E-state index is 12.3. The van der Waals surface area contributed by atoms with Crippen LogP contribution in [-0.2, 0) is 10.4 Å². The fourth-order valence-electron chi connectivity index (χ4n) is 4.04. The van der Waals surface area contributed by atoms with Crippen molar-refractivity contribution < 1.29 is 9.90 Å². The molecule has 3 rings (SSSR count). The average Bonchev–Trinajstić information content (AvgIpc) is 3.11. The summed E-state index contributed by atoms with van der Waals surface area (Å²) in [5.41, 5.74) is 0.186. The van der Waals surface area contributed by atoms with E-state index in [0.29, 0.717) is 6.42 Å². The van der Waals surface area contributed by atoms with Crippen LogP contribution < -0.4 is 0 Å². The molecule has 2 atom stereocenters. The molecule has 1 N–H and O–H groups in total. The van der Waals surface area contributed by atoms with Gasteiger partial charge in [0.15, 0.2) is 0 Å². The van der Waals surface area contributed by atoms with Gasteiger partial charge in [-0.2, -0.15) is 0 Å². The van der Waals surface area contributed by atoms with Gasteiger partial charge in [0, 0.05) is 38.5 Å². The van der Waals surface area contributed by atoms with Gasteiger partial charge in [-0.1, -0.05) is 30.3 Å². The van der Waals surface area contributed by atoms with Gasteiger partial charge in [-0.05, 0) is 38.3 Å². The van der Waals surface area contributed by atoms with E-state index in [4.69, 9.17) is 0 Å². The van der Waals surface area contributed by atoms with Crippen molar-refractivity contribution >= 4 is 5.91 Å². The number of benzene rings is 1. The van der Waals surface area contributed by atoms with Crippen molar-refractivity contribution in [1.82, 2.24) is 9.80 Å². The summed E-state index contributed by atoms with van der Waals surface area (Å²) in [4.78, 5) is 16.6. The van der Waals surface area contributed by atoms with Gasteiger partial charge in [0.1, 0.15) is 0 Å². The molecule has 0 aliphatic carbocycles. The van der Waals surface area contributed by atoms with E-state index >= 15 is 0 Å². The smallest absolute Gasteiger partial charge is 0.222 e. The van der Waals surface area contributed by atoms with E-state index in [1.54, 1.807) is 0 Å². The molecule has 23 heavy (non-hydrogen) atoms. The fourth-order valence-corrected chi connectivity index (χ4v) is 4.04. The minimum atomic E-state index is -0.806. The van der Waals surface area contributed by atoms with Crippen LogP contribution in [0, 0.1) is 5.92 Å². The molecular formula is C19H28N2O2. The van der Waals surface area contributed by atoms with E-state index in [2.05, 4.69) is 11.9 Å². The van der Waals surface area contributed by atoms with E-state index in [-0.39, 0.29) is 11.8 Å². The molecule has 0 saturated carbocycles. The number of piperidine rings is 1. The third kappa shape index (κ3) is 3.59. The molecule has 2 heterocycles. The lowest BCUT2D eigenvalue weighted by molar-refractivity contribution is -0.131.